The molecule has 1 aliphatic heterocycles. The van der Waals surface area contributed by atoms with Gasteiger partial charge in [-0.2, -0.15) is 0 Å². The maximum atomic E-state index is 10.7. The molecule has 11 heavy (non-hydrogen) atoms. The van der Waals surface area contributed by atoms with Crippen molar-refractivity contribution < 1.29 is 19.4 Å². The van der Waals surface area contributed by atoms with Crippen LogP contribution in [-0.4, -0.2) is 23.7 Å². The minimum atomic E-state index is -1.19. The standard InChI is InChI=1S/C7H8O4/c1-2-4-3-11-7(10)5(4)6(8)9/h2-3H2,1H3,(H,8,9). The third-order valence-electron chi connectivity index (χ3n) is 1.58. The van der Waals surface area contributed by atoms with E-state index in [2.05, 4.69) is 4.74 Å². The van der Waals surface area contributed by atoms with Gasteiger partial charge in [-0.05, 0) is 12.0 Å². The summed E-state index contributed by atoms with van der Waals surface area (Å²) < 4.78 is 4.54. The molecule has 1 rings (SSSR count). The number of ether oxygens (including phenoxy) is 1. The van der Waals surface area contributed by atoms with Crippen LogP contribution >= 0.6 is 0 Å². The quantitative estimate of drug-likeness (QED) is 0.462. The molecule has 0 bridgehead atoms. The van der Waals surface area contributed by atoms with Crippen LogP contribution in [0.2, 0.25) is 0 Å². The van der Waals surface area contributed by atoms with E-state index >= 15 is 0 Å². The second kappa shape index (κ2) is 2.74. The van der Waals surface area contributed by atoms with Gasteiger partial charge in [0.2, 0.25) is 0 Å². The Hall–Kier alpha value is -1.32. The highest BCUT2D eigenvalue weighted by molar-refractivity contribution is 6.15. The number of aliphatic carboxylic acids is 1. The lowest BCUT2D eigenvalue weighted by Gasteiger charge is -1.91. The van der Waals surface area contributed by atoms with Gasteiger partial charge in [-0.15, -0.1) is 0 Å². The molecule has 0 aromatic rings. The fourth-order valence-electron chi connectivity index (χ4n) is 0.959. The fraction of sp³-hybridized carbons (Fsp3) is 0.429. The topological polar surface area (TPSA) is 63.6 Å². The van der Waals surface area contributed by atoms with E-state index in [-0.39, 0.29) is 12.2 Å². The second-order valence-electron chi connectivity index (χ2n) is 2.21. The number of hydrogen-bond acceptors (Lipinski definition) is 3. The zero-order valence-electron chi connectivity index (χ0n) is 6.09. The van der Waals surface area contributed by atoms with Gasteiger partial charge in [0.25, 0.3) is 0 Å². The number of carboxylic acid groups (broad SMARTS) is 1. The summed E-state index contributed by atoms with van der Waals surface area (Å²) in [6.07, 6.45) is 0.549. The first kappa shape index (κ1) is 7.78. The summed E-state index contributed by atoms with van der Waals surface area (Å²) in [5.41, 5.74) is 0.384. The molecule has 0 aromatic heterocycles. The largest absolute Gasteiger partial charge is 0.477 e. The molecule has 4 heteroatoms. The molecule has 0 unspecified atom stereocenters. The molecule has 0 amide bonds. The summed E-state index contributed by atoms with van der Waals surface area (Å²) in [4.78, 5) is 21.1. The smallest absolute Gasteiger partial charge is 0.345 e. The molecule has 4 nitrogen and oxygen atoms in total. The van der Waals surface area contributed by atoms with Gasteiger partial charge < -0.3 is 9.84 Å². The van der Waals surface area contributed by atoms with E-state index in [1.165, 1.54) is 0 Å². The molecule has 1 heterocycles. The molecule has 0 saturated heterocycles. The minimum absolute atomic E-state index is 0.136. The van der Waals surface area contributed by atoms with Gasteiger partial charge in [0.15, 0.2) is 0 Å². The van der Waals surface area contributed by atoms with Crippen molar-refractivity contribution >= 4 is 11.9 Å². The van der Waals surface area contributed by atoms with Crippen molar-refractivity contribution in [3.63, 3.8) is 0 Å². The van der Waals surface area contributed by atoms with Crippen molar-refractivity contribution in [1.82, 2.24) is 0 Å². The highest BCUT2D eigenvalue weighted by Gasteiger charge is 2.29. The van der Waals surface area contributed by atoms with E-state index in [1.54, 1.807) is 6.92 Å². The number of hydrogen-bond donors (Lipinski definition) is 1. The Labute approximate surface area is 63.5 Å². The van der Waals surface area contributed by atoms with Gasteiger partial charge in [-0.3, -0.25) is 0 Å². The summed E-state index contributed by atoms with van der Waals surface area (Å²) in [5.74, 6) is -1.90. The Balaban J connectivity index is 2.99. The van der Waals surface area contributed by atoms with E-state index < -0.39 is 11.9 Å². The molecule has 0 saturated carbocycles. The molecule has 1 aliphatic rings. The zero-order chi connectivity index (χ0) is 8.43. The van der Waals surface area contributed by atoms with E-state index in [0.29, 0.717) is 12.0 Å². The van der Waals surface area contributed by atoms with Crippen LogP contribution in [0.4, 0.5) is 0 Å². The molecule has 0 radical (unpaired) electrons. The summed E-state index contributed by atoms with van der Waals surface area (Å²) in [6.45, 7) is 1.93. The number of esters is 1. The minimum Gasteiger partial charge on any atom is -0.477 e. The fourth-order valence-corrected chi connectivity index (χ4v) is 0.959. The average molecular weight is 156 g/mol. The van der Waals surface area contributed by atoms with Gasteiger partial charge in [-0.25, -0.2) is 9.59 Å². The SMILES string of the molecule is CCC1=C(C(=O)O)C(=O)OC1. The molecule has 0 fully saturated rings. The van der Waals surface area contributed by atoms with Gasteiger partial charge in [-0.1, -0.05) is 6.92 Å². The van der Waals surface area contributed by atoms with Crippen LogP contribution in [0, 0.1) is 0 Å². The number of carboxylic acids is 1. The predicted octanol–water partition coefficient (Wildman–Crippen LogP) is 0.334. The van der Waals surface area contributed by atoms with Gasteiger partial charge >= 0.3 is 11.9 Å². The Morgan fingerprint density at radius 2 is 2.36 bits per heavy atom. The molecule has 0 atom stereocenters. The maximum absolute atomic E-state index is 10.7. The third kappa shape index (κ3) is 1.24. The molecule has 0 spiro atoms. The van der Waals surface area contributed by atoms with Crippen LogP contribution in [-0.2, 0) is 14.3 Å². The van der Waals surface area contributed by atoms with Crippen molar-refractivity contribution in [2.24, 2.45) is 0 Å². The molecule has 60 valence electrons. The van der Waals surface area contributed by atoms with Gasteiger partial charge in [0.1, 0.15) is 12.2 Å². The Morgan fingerprint density at radius 1 is 1.73 bits per heavy atom. The lowest BCUT2D eigenvalue weighted by Crippen LogP contribution is -2.09. The first-order valence-corrected chi connectivity index (χ1v) is 3.29. The third-order valence-corrected chi connectivity index (χ3v) is 1.58. The van der Waals surface area contributed by atoms with Crippen LogP contribution in [0.3, 0.4) is 0 Å². The number of cyclic esters (lactones) is 1. The Kier molecular flexibility index (Phi) is 1.94. The molecular formula is C7H8O4. The summed E-state index contributed by atoms with van der Waals surface area (Å²) in [7, 11) is 0. The van der Waals surface area contributed by atoms with Crippen molar-refractivity contribution in [3.8, 4) is 0 Å². The average Bonchev–Trinajstić information content (AvgIpc) is 2.30. The van der Waals surface area contributed by atoms with Crippen LogP contribution in [0.1, 0.15) is 13.3 Å². The second-order valence-corrected chi connectivity index (χ2v) is 2.21. The number of rotatable bonds is 2. The normalized spacial score (nSPS) is 17.0. The van der Waals surface area contributed by atoms with E-state index in [4.69, 9.17) is 5.11 Å². The monoisotopic (exact) mass is 156 g/mol. The first-order chi connectivity index (χ1) is 5.16. The zero-order valence-corrected chi connectivity index (χ0v) is 6.09. The van der Waals surface area contributed by atoms with Gasteiger partial charge in [0.05, 0.1) is 0 Å². The van der Waals surface area contributed by atoms with E-state index in [9.17, 15) is 9.59 Å². The highest BCUT2D eigenvalue weighted by atomic mass is 16.5. The van der Waals surface area contributed by atoms with E-state index in [0.717, 1.165) is 0 Å². The van der Waals surface area contributed by atoms with Crippen molar-refractivity contribution in [3.05, 3.63) is 11.1 Å². The summed E-state index contributed by atoms with van der Waals surface area (Å²) in [6, 6.07) is 0. The van der Waals surface area contributed by atoms with Crippen LogP contribution in [0.25, 0.3) is 0 Å². The predicted molar refractivity (Wildman–Crippen MR) is 35.9 cm³/mol. The van der Waals surface area contributed by atoms with Crippen LogP contribution < -0.4 is 0 Å². The number of carbonyl (C=O) groups is 2. The molecule has 1 N–H and O–H groups in total. The lowest BCUT2D eigenvalue weighted by molar-refractivity contribution is -0.141. The van der Waals surface area contributed by atoms with Gasteiger partial charge in [0, 0.05) is 0 Å². The first-order valence-electron chi connectivity index (χ1n) is 3.29. The molecule has 0 aliphatic carbocycles. The summed E-state index contributed by atoms with van der Waals surface area (Å²) in [5, 5.41) is 8.53. The van der Waals surface area contributed by atoms with Crippen molar-refractivity contribution in [1.29, 1.82) is 0 Å². The molecular weight excluding hydrogens is 148 g/mol. The Morgan fingerprint density at radius 3 is 2.73 bits per heavy atom. The van der Waals surface area contributed by atoms with Crippen LogP contribution in [0.15, 0.2) is 11.1 Å². The maximum Gasteiger partial charge on any atom is 0.345 e. The number of carbonyl (C=O) groups excluding carboxylic acids is 1. The molecule has 0 aromatic carbocycles. The van der Waals surface area contributed by atoms with Crippen LogP contribution in [0.5, 0.6) is 0 Å². The summed E-state index contributed by atoms with van der Waals surface area (Å²) >= 11 is 0. The van der Waals surface area contributed by atoms with E-state index in [1.807, 2.05) is 0 Å². The van der Waals surface area contributed by atoms with Crippen molar-refractivity contribution in [2.75, 3.05) is 6.61 Å². The highest BCUT2D eigenvalue weighted by Crippen LogP contribution is 2.18. The van der Waals surface area contributed by atoms with Crippen molar-refractivity contribution in [2.45, 2.75) is 13.3 Å². The Bertz CT molecular complexity index is 239. The lowest BCUT2D eigenvalue weighted by atomic mass is 10.1.